The summed E-state index contributed by atoms with van der Waals surface area (Å²) in [5.41, 5.74) is 2.03. The molecule has 0 spiro atoms. The molecule has 3 rings (SSSR count). The molecule has 0 aliphatic carbocycles. The average Bonchev–Trinajstić information content (AvgIpc) is 2.99. The van der Waals surface area contributed by atoms with Crippen molar-refractivity contribution in [2.24, 2.45) is 0 Å². The van der Waals surface area contributed by atoms with Gasteiger partial charge in [-0.25, -0.2) is 4.79 Å². The predicted octanol–water partition coefficient (Wildman–Crippen LogP) is 5.95. The van der Waals surface area contributed by atoms with Crippen molar-refractivity contribution in [2.45, 2.75) is 16.1 Å². The predicted molar refractivity (Wildman–Crippen MR) is 105 cm³/mol. The number of carboxylic acid groups (broad SMARTS) is 1. The molecule has 0 bridgehead atoms. The first kappa shape index (κ1) is 20.3. The molecule has 4 nitrogen and oxygen atoms in total. The van der Waals surface area contributed by atoms with Crippen molar-refractivity contribution in [3.8, 4) is 16.9 Å². The highest BCUT2D eigenvalue weighted by Gasteiger charge is 2.38. The molecule has 2 aromatic rings. The van der Waals surface area contributed by atoms with Crippen LogP contribution >= 0.6 is 43.6 Å². The number of ether oxygens (including phenoxy) is 1. The summed E-state index contributed by atoms with van der Waals surface area (Å²) in [5, 5.41) is 14.0. The lowest BCUT2D eigenvalue weighted by Gasteiger charge is -2.24. The third kappa shape index (κ3) is 4.38. The number of thioether (sulfide) groups is 1. The van der Waals surface area contributed by atoms with Gasteiger partial charge in [0.05, 0.1) is 11.3 Å². The Hall–Kier alpha value is -1.39. The number of benzene rings is 2. The first-order valence-electron chi connectivity index (χ1n) is 7.53. The lowest BCUT2D eigenvalue weighted by Crippen LogP contribution is -2.34. The van der Waals surface area contributed by atoms with E-state index in [1.54, 1.807) is 6.07 Å². The minimum Gasteiger partial charge on any atom is -0.478 e. The van der Waals surface area contributed by atoms with Gasteiger partial charge in [-0.2, -0.15) is 0 Å². The highest BCUT2D eigenvalue weighted by atomic mass is 79.9. The Balaban J connectivity index is 2.05. The van der Waals surface area contributed by atoms with Crippen LogP contribution in [-0.4, -0.2) is 33.0 Å². The summed E-state index contributed by atoms with van der Waals surface area (Å²) in [4.78, 5) is 11.9. The van der Waals surface area contributed by atoms with Crippen LogP contribution in [0.15, 0.2) is 41.3 Å². The van der Waals surface area contributed by atoms with Gasteiger partial charge in [0, 0.05) is 21.1 Å². The van der Waals surface area contributed by atoms with E-state index in [0.717, 1.165) is 10.6 Å². The van der Waals surface area contributed by atoms with E-state index in [4.69, 9.17) is 0 Å². The van der Waals surface area contributed by atoms with Gasteiger partial charge in [0.25, 0.3) is 0 Å². The Morgan fingerprint density at radius 1 is 1.19 bits per heavy atom. The topological polar surface area (TPSA) is 58.6 Å². The van der Waals surface area contributed by atoms with E-state index in [2.05, 4.69) is 41.9 Å². The number of halogens is 5. The molecule has 0 radical (unpaired) electrons. The molecule has 1 aliphatic heterocycles. The number of alkyl halides is 5. The van der Waals surface area contributed by atoms with Gasteiger partial charge in [-0.3, -0.25) is 0 Å². The molecule has 10 heteroatoms. The van der Waals surface area contributed by atoms with Crippen LogP contribution in [0.1, 0.15) is 10.4 Å². The van der Waals surface area contributed by atoms with Crippen LogP contribution in [0.2, 0.25) is 0 Å². The Bertz CT molecular complexity index is 871. The van der Waals surface area contributed by atoms with Crippen LogP contribution in [0, 0.1) is 0 Å². The molecule has 0 fully saturated rings. The number of carboxylic acids is 1. The zero-order valence-electron chi connectivity index (χ0n) is 13.4. The molecule has 0 saturated carbocycles. The highest BCUT2D eigenvalue weighted by molar-refractivity contribution is 9.10. The smallest absolute Gasteiger partial charge is 0.478 e. The molecule has 0 saturated heterocycles. The lowest BCUT2D eigenvalue weighted by molar-refractivity contribution is -0.274. The van der Waals surface area contributed by atoms with E-state index in [9.17, 15) is 23.1 Å². The maximum Gasteiger partial charge on any atom is 0.573 e. The van der Waals surface area contributed by atoms with Gasteiger partial charge in [-0.15, -0.1) is 13.2 Å². The third-order valence-corrected chi connectivity index (χ3v) is 7.82. The number of hydrogen-bond donors (Lipinski definition) is 2. The number of aromatic carboxylic acids is 1. The van der Waals surface area contributed by atoms with Gasteiger partial charge in [0.2, 0.25) is 0 Å². The van der Waals surface area contributed by atoms with E-state index in [-0.39, 0.29) is 11.3 Å². The standard InChI is InChI=1S/C17H12Br2F3NO3S/c18-7-16(8-19)23-14-12(5-10(15(24)25)6-13(14)27-16)9-1-3-11(4-2-9)26-17(20,21)22/h1-6,23H,7-8H2,(H,24,25). The molecule has 2 aromatic carbocycles. The number of nitrogens with one attached hydrogen (secondary N) is 1. The second-order valence-corrected chi connectivity index (χ2v) is 8.31. The molecular formula is C17H12Br2F3NO3S. The molecule has 0 atom stereocenters. The van der Waals surface area contributed by atoms with Gasteiger partial charge in [-0.05, 0) is 29.8 Å². The zero-order chi connectivity index (χ0) is 19.8. The average molecular weight is 527 g/mol. The number of fused-ring (bicyclic) bond motifs is 1. The van der Waals surface area contributed by atoms with Crippen molar-refractivity contribution in [2.75, 3.05) is 16.0 Å². The van der Waals surface area contributed by atoms with Gasteiger partial charge >= 0.3 is 12.3 Å². The SMILES string of the molecule is O=C(O)c1cc2c(c(-c3ccc(OC(F)(F)F)cc3)c1)NC(CBr)(CBr)S2. The van der Waals surface area contributed by atoms with E-state index in [0.29, 0.717) is 21.8 Å². The molecular weight excluding hydrogens is 515 g/mol. The summed E-state index contributed by atoms with van der Waals surface area (Å²) < 4.78 is 40.9. The summed E-state index contributed by atoms with van der Waals surface area (Å²) in [5.74, 6) is -1.42. The Labute approximate surface area is 173 Å². The number of carbonyl (C=O) groups is 1. The molecule has 27 heavy (non-hydrogen) atoms. The maximum atomic E-state index is 12.3. The fourth-order valence-electron chi connectivity index (χ4n) is 2.63. The van der Waals surface area contributed by atoms with Crippen LogP contribution in [-0.2, 0) is 0 Å². The van der Waals surface area contributed by atoms with Crippen molar-refractivity contribution in [3.05, 3.63) is 42.0 Å². The van der Waals surface area contributed by atoms with Crippen LogP contribution in [0.3, 0.4) is 0 Å². The van der Waals surface area contributed by atoms with Gasteiger partial charge < -0.3 is 15.2 Å². The maximum absolute atomic E-state index is 12.3. The zero-order valence-corrected chi connectivity index (χ0v) is 17.4. The summed E-state index contributed by atoms with van der Waals surface area (Å²) in [6, 6.07) is 8.44. The molecule has 2 N–H and O–H groups in total. The first-order chi connectivity index (χ1) is 12.7. The van der Waals surface area contributed by atoms with Crippen molar-refractivity contribution < 1.29 is 27.8 Å². The molecule has 1 heterocycles. The van der Waals surface area contributed by atoms with Crippen molar-refractivity contribution in [1.82, 2.24) is 0 Å². The third-order valence-electron chi connectivity index (χ3n) is 3.84. The van der Waals surface area contributed by atoms with Crippen molar-refractivity contribution in [3.63, 3.8) is 0 Å². The second-order valence-electron chi connectivity index (χ2n) is 5.76. The van der Waals surface area contributed by atoms with E-state index in [1.165, 1.54) is 42.1 Å². The number of anilines is 1. The summed E-state index contributed by atoms with van der Waals surface area (Å²) in [7, 11) is 0. The molecule has 0 aromatic heterocycles. The highest BCUT2D eigenvalue weighted by Crippen LogP contribution is 2.51. The Morgan fingerprint density at radius 2 is 1.81 bits per heavy atom. The lowest BCUT2D eigenvalue weighted by atomic mass is 10.00. The minimum atomic E-state index is -4.77. The normalized spacial score (nSPS) is 15.1. The number of hydrogen-bond acceptors (Lipinski definition) is 4. The minimum absolute atomic E-state index is 0.105. The quantitative estimate of drug-likeness (QED) is 0.471. The van der Waals surface area contributed by atoms with Crippen molar-refractivity contribution >= 4 is 55.3 Å². The summed E-state index contributed by atoms with van der Waals surface area (Å²) >= 11 is 8.42. The Kier molecular flexibility index (Phi) is 5.69. The van der Waals surface area contributed by atoms with E-state index >= 15 is 0 Å². The molecule has 0 amide bonds. The van der Waals surface area contributed by atoms with Crippen molar-refractivity contribution in [1.29, 1.82) is 0 Å². The molecule has 144 valence electrons. The van der Waals surface area contributed by atoms with Gasteiger partial charge in [0.15, 0.2) is 0 Å². The fraction of sp³-hybridized carbons (Fsp3) is 0.235. The van der Waals surface area contributed by atoms with E-state index in [1.807, 2.05) is 0 Å². The monoisotopic (exact) mass is 525 g/mol. The Morgan fingerprint density at radius 3 is 2.33 bits per heavy atom. The van der Waals surface area contributed by atoms with Crippen LogP contribution < -0.4 is 10.1 Å². The second kappa shape index (κ2) is 7.56. The summed E-state index contributed by atoms with van der Waals surface area (Å²) in [6.45, 7) is 0. The van der Waals surface area contributed by atoms with Crippen LogP contribution in [0.4, 0.5) is 18.9 Å². The largest absolute Gasteiger partial charge is 0.573 e. The van der Waals surface area contributed by atoms with Crippen LogP contribution in [0.5, 0.6) is 5.75 Å². The van der Waals surface area contributed by atoms with Crippen LogP contribution in [0.25, 0.3) is 11.1 Å². The fourth-order valence-corrected chi connectivity index (χ4v) is 5.66. The molecule has 0 unspecified atom stereocenters. The summed E-state index contributed by atoms with van der Waals surface area (Å²) in [6.07, 6.45) is -4.77. The van der Waals surface area contributed by atoms with Gasteiger partial charge in [0.1, 0.15) is 10.6 Å². The number of rotatable bonds is 5. The van der Waals surface area contributed by atoms with E-state index < -0.39 is 17.2 Å². The van der Waals surface area contributed by atoms with Gasteiger partial charge in [-0.1, -0.05) is 55.8 Å². The molecule has 1 aliphatic rings. The first-order valence-corrected chi connectivity index (χ1v) is 10.6.